The average molecular weight is 274 g/mol. The van der Waals surface area contributed by atoms with Crippen molar-refractivity contribution in [2.24, 2.45) is 0 Å². The molecule has 1 aromatic carbocycles. The smallest absolute Gasteiger partial charge is 0.385 e. The first-order valence-electron chi connectivity index (χ1n) is 6.21. The molecule has 0 radical (unpaired) electrons. The monoisotopic (exact) mass is 274 g/mol. The molecule has 2 N–H and O–H groups in total. The molecule has 1 aromatic rings. The Morgan fingerprint density at radius 3 is 2.79 bits per heavy atom. The van der Waals surface area contributed by atoms with Gasteiger partial charge in [-0.2, -0.15) is 13.2 Å². The SMILES string of the molecule is COCCCC1CNc2cc(C(F)(F)F)ccc2N1. The minimum Gasteiger partial charge on any atom is -0.385 e. The van der Waals surface area contributed by atoms with E-state index in [0.717, 1.165) is 30.7 Å². The lowest BCUT2D eigenvalue weighted by atomic mass is 10.1. The summed E-state index contributed by atoms with van der Waals surface area (Å²) in [5.74, 6) is 0. The van der Waals surface area contributed by atoms with Crippen LogP contribution in [0.5, 0.6) is 0 Å². The van der Waals surface area contributed by atoms with E-state index in [1.165, 1.54) is 6.07 Å². The molecule has 1 heterocycles. The molecule has 1 unspecified atom stereocenters. The highest BCUT2D eigenvalue weighted by Gasteiger charge is 2.31. The fourth-order valence-corrected chi connectivity index (χ4v) is 2.15. The highest BCUT2D eigenvalue weighted by Crippen LogP contribution is 2.35. The van der Waals surface area contributed by atoms with Gasteiger partial charge in [-0.05, 0) is 31.0 Å². The number of alkyl halides is 3. The second-order valence-electron chi connectivity index (χ2n) is 4.62. The van der Waals surface area contributed by atoms with Crippen molar-refractivity contribution < 1.29 is 17.9 Å². The van der Waals surface area contributed by atoms with Gasteiger partial charge in [0.2, 0.25) is 0 Å². The molecule has 1 atom stereocenters. The standard InChI is InChI=1S/C13H17F3N2O/c1-19-6-2-3-10-8-17-12-7-9(13(14,15)16)4-5-11(12)18-10/h4-5,7,10,17-18H,2-3,6,8H2,1H3. The Morgan fingerprint density at radius 2 is 2.11 bits per heavy atom. The Balaban J connectivity index is 2.02. The fraction of sp³-hybridized carbons (Fsp3) is 0.538. The maximum Gasteiger partial charge on any atom is 0.416 e. The molecule has 1 aliphatic rings. The lowest BCUT2D eigenvalue weighted by molar-refractivity contribution is -0.137. The first kappa shape index (κ1) is 14.0. The Bertz CT molecular complexity index is 434. The summed E-state index contributed by atoms with van der Waals surface area (Å²) in [5.41, 5.74) is 0.609. The van der Waals surface area contributed by atoms with Crippen LogP contribution in [0.15, 0.2) is 18.2 Å². The van der Waals surface area contributed by atoms with Crippen LogP contribution in [-0.4, -0.2) is 26.3 Å². The number of benzene rings is 1. The predicted octanol–water partition coefficient (Wildman–Crippen LogP) is 3.34. The van der Waals surface area contributed by atoms with Crippen molar-refractivity contribution in [2.45, 2.75) is 25.1 Å². The maximum atomic E-state index is 12.6. The maximum absolute atomic E-state index is 12.6. The van der Waals surface area contributed by atoms with Crippen molar-refractivity contribution in [2.75, 3.05) is 30.9 Å². The summed E-state index contributed by atoms with van der Waals surface area (Å²) in [6.07, 6.45) is -2.46. The molecule has 0 aliphatic carbocycles. The van der Waals surface area contributed by atoms with Crippen molar-refractivity contribution in [3.8, 4) is 0 Å². The van der Waals surface area contributed by atoms with Gasteiger partial charge in [0.1, 0.15) is 0 Å². The summed E-state index contributed by atoms with van der Waals surface area (Å²) >= 11 is 0. The second kappa shape index (κ2) is 5.69. The number of halogens is 3. The van der Waals surface area contributed by atoms with Gasteiger partial charge in [0.15, 0.2) is 0 Å². The van der Waals surface area contributed by atoms with Gasteiger partial charge >= 0.3 is 6.18 Å². The molecule has 0 saturated carbocycles. The van der Waals surface area contributed by atoms with E-state index in [9.17, 15) is 13.2 Å². The third-order valence-corrected chi connectivity index (χ3v) is 3.15. The number of methoxy groups -OCH3 is 1. The molecule has 0 saturated heterocycles. The lowest BCUT2D eigenvalue weighted by Crippen LogP contribution is -2.33. The summed E-state index contributed by atoms with van der Waals surface area (Å²) in [5, 5.41) is 6.30. The number of rotatable bonds is 4. The third kappa shape index (κ3) is 3.53. The van der Waals surface area contributed by atoms with Crippen molar-refractivity contribution in [1.29, 1.82) is 0 Å². The Hall–Kier alpha value is -1.43. The van der Waals surface area contributed by atoms with Crippen LogP contribution in [0, 0.1) is 0 Å². The first-order valence-corrected chi connectivity index (χ1v) is 6.21. The van der Waals surface area contributed by atoms with E-state index in [0.29, 0.717) is 18.8 Å². The highest BCUT2D eigenvalue weighted by atomic mass is 19.4. The fourth-order valence-electron chi connectivity index (χ4n) is 2.15. The molecule has 106 valence electrons. The Labute approximate surface area is 110 Å². The van der Waals surface area contributed by atoms with E-state index < -0.39 is 11.7 Å². The molecule has 0 amide bonds. The van der Waals surface area contributed by atoms with Crippen LogP contribution in [0.1, 0.15) is 18.4 Å². The third-order valence-electron chi connectivity index (χ3n) is 3.15. The zero-order valence-corrected chi connectivity index (χ0v) is 10.7. The molecule has 0 spiro atoms. The normalized spacial score (nSPS) is 18.4. The predicted molar refractivity (Wildman–Crippen MR) is 68.5 cm³/mol. The Morgan fingerprint density at radius 1 is 1.32 bits per heavy atom. The number of anilines is 2. The van der Waals surface area contributed by atoms with E-state index in [2.05, 4.69) is 10.6 Å². The van der Waals surface area contributed by atoms with Crippen LogP contribution in [-0.2, 0) is 10.9 Å². The number of hydrogen-bond acceptors (Lipinski definition) is 3. The number of nitrogens with one attached hydrogen (secondary N) is 2. The quantitative estimate of drug-likeness (QED) is 0.826. The van der Waals surface area contributed by atoms with Crippen LogP contribution in [0.4, 0.5) is 24.5 Å². The molecule has 0 fully saturated rings. The van der Waals surface area contributed by atoms with Crippen molar-refractivity contribution >= 4 is 11.4 Å². The summed E-state index contributed by atoms with van der Waals surface area (Å²) in [7, 11) is 1.65. The zero-order chi connectivity index (χ0) is 13.9. The summed E-state index contributed by atoms with van der Waals surface area (Å²) in [4.78, 5) is 0. The van der Waals surface area contributed by atoms with Gasteiger partial charge in [-0.3, -0.25) is 0 Å². The van der Waals surface area contributed by atoms with E-state index >= 15 is 0 Å². The molecular formula is C13H17F3N2O. The Kier molecular flexibility index (Phi) is 4.19. The van der Waals surface area contributed by atoms with Gasteiger partial charge in [-0.15, -0.1) is 0 Å². The van der Waals surface area contributed by atoms with Gasteiger partial charge in [-0.25, -0.2) is 0 Å². The second-order valence-corrected chi connectivity index (χ2v) is 4.62. The van der Waals surface area contributed by atoms with Crippen LogP contribution in [0.2, 0.25) is 0 Å². The largest absolute Gasteiger partial charge is 0.416 e. The van der Waals surface area contributed by atoms with E-state index in [4.69, 9.17) is 4.74 Å². The number of ether oxygens (including phenoxy) is 1. The van der Waals surface area contributed by atoms with Crippen LogP contribution in [0.3, 0.4) is 0 Å². The molecule has 19 heavy (non-hydrogen) atoms. The molecule has 0 aromatic heterocycles. The summed E-state index contributed by atoms with van der Waals surface area (Å²) < 4.78 is 42.7. The number of fused-ring (bicyclic) bond motifs is 1. The number of hydrogen-bond donors (Lipinski definition) is 2. The molecule has 6 heteroatoms. The topological polar surface area (TPSA) is 33.3 Å². The van der Waals surface area contributed by atoms with Crippen molar-refractivity contribution in [3.05, 3.63) is 23.8 Å². The van der Waals surface area contributed by atoms with Crippen LogP contribution >= 0.6 is 0 Å². The van der Waals surface area contributed by atoms with Gasteiger partial charge in [0.25, 0.3) is 0 Å². The van der Waals surface area contributed by atoms with Gasteiger partial charge in [-0.1, -0.05) is 0 Å². The minimum atomic E-state index is -4.30. The molecule has 3 nitrogen and oxygen atoms in total. The highest BCUT2D eigenvalue weighted by molar-refractivity contribution is 5.72. The molecule has 0 bridgehead atoms. The van der Waals surface area contributed by atoms with E-state index in [-0.39, 0.29) is 6.04 Å². The summed E-state index contributed by atoms with van der Waals surface area (Å²) in [6, 6.07) is 3.95. The summed E-state index contributed by atoms with van der Waals surface area (Å²) in [6.45, 7) is 1.32. The van der Waals surface area contributed by atoms with Gasteiger partial charge in [0.05, 0.1) is 16.9 Å². The lowest BCUT2D eigenvalue weighted by Gasteiger charge is -2.29. The molecule has 2 rings (SSSR count). The van der Waals surface area contributed by atoms with Crippen LogP contribution < -0.4 is 10.6 Å². The zero-order valence-electron chi connectivity index (χ0n) is 10.7. The first-order chi connectivity index (χ1) is 9.00. The van der Waals surface area contributed by atoms with Gasteiger partial charge < -0.3 is 15.4 Å². The van der Waals surface area contributed by atoms with Crippen LogP contribution in [0.25, 0.3) is 0 Å². The average Bonchev–Trinajstić information content (AvgIpc) is 2.37. The molecule has 1 aliphatic heterocycles. The van der Waals surface area contributed by atoms with E-state index in [1.54, 1.807) is 7.11 Å². The van der Waals surface area contributed by atoms with Crippen molar-refractivity contribution in [1.82, 2.24) is 0 Å². The van der Waals surface area contributed by atoms with E-state index in [1.807, 2.05) is 0 Å². The molecular weight excluding hydrogens is 257 g/mol. The minimum absolute atomic E-state index is 0.222. The van der Waals surface area contributed by atoms with Gasteiger partial charge in [0, 0.05) is 26.3 Å². The van der Waals surface area contributed by atoms with Crippen molar-refractivity contribution in [3.63, 3.8) is 0 Å².